The molecule has 0 saturated carbocycles. The molecular formula is C16H15FN2OS. The summed E-state index contributed by atoms with van der Waals surface area (Å²) < 4.78 is 19.8. The normalized spacial score (nSPS) is 12.3. The first-order chi connectivity index (χ1) is 10.2. The van der Waals surface area contributed by atoms with E-state index in [1.54, 1.807) is 17.4 Å². The van der Waals surface area contributed by atoms with Crippen LogP contribution in [-0.2, 0) is 0 Å². The van der Waals surface area contributed by atoms with Crippen LogP contribution in [0.15, 0.2) is 41.9 Å². The maximum atomic E-state index is 13.8. The number of fused-ring (bicyclic) bond motifs is 1. The molecule has 21 heavy (non-hydrogen) atoms. The largest absolute Gasteiger partial charge is 0.494 e. The number of halogens is 1. The van der Waals surface area contributed by atoms with E-state index in [2.05, 4.69) is 16.4 Å². The summed E-state index contributed by atoms with van der Waals surface area (Å²) in [6.07, 6.45) is 0. The van der Waals surface area contributed by atoms with Crippen molar-refractivity contribution in [3.8, 4) is 5.75 Å². The Kier molecular flexibility index (Phi) is 3.75. The molecule has 3 rings (SSSR count). The van der Waals surface area contributed by atoms with Crippen LogP contribution < -0.4 is 10.1 Å². The number of hydrogen-bond acceptors (Lipinski definition) is 4. The van der Waals surface area contributed by atoms with Crippen LogP contribution in [0, 0.1) is 5.82 Å². The van der Waals surface area contributed by atoms with Gasteiger partial charge in [-0.2, -0.15) is 0 Å². The Balaban J connectivity index is 1.81. The number of benzene rings is 2. The van der Waals surface area contributed by atoms with E-state index in [-0.39, 0.29) is 17.6 Å². The van der Waals surface area contributed by atoms with Gasteiger partial charge in [0.05, 0.1) is 22.8 Å². The highest BCUT2D eigenvalue weighted by molar-refractivity contribution is 7.16. The summed E-state index contributed by atoms with van der Waals surface area (Å²) >= 11 is 1.60. The average molecular weight is 302 g/mol. The molecule has 1 aromatic heterocycles. The van der Waals surface area contributed by atoms with Crippen LogP contribution >= 0.6 is 11.3 Å². The van der Waals surface area contributed by atoms with Gasteiger partial charge in [0.15, 0.2) is 11.6 Å². The second-order valence-electron chi connectivity index (χ2n) is 4.79. The fourth-order valence-electron chi connectivity index (χ4n) is 2.23. The molecule has 1 atom stereocenters. The second-order valence-corrected chi connectivity index (χ2v) is 5.68. The molecule has 0 aliphatic rings. The molecule has 0 saturated heterocycles. The minimum absolute atomic E-state index is 0.00391. The first-order valence-electron chi connectivity index (χ1n) is 6.60. The summed E-state index contributed by atoms with van der Waals surface area (Å²) in [5.74, 6) is -0.0846. The molecule has 1 heterocycles. The minimum atomic E-state index is -0.346. The van der Waals surface area contributed by atoms with Crippen molar-refractivity contribution in [1.29, 1.82) is 0 Å². The van der Waals surface area contributed by atoms with Gasteiger partial charge in [0.25, 0.3) is 0 Å². The van der Waals surface area contributed by atoms with Crippen LogP contribution in [0.2, 0.25) is 0 Å². The zero-order valence-electron chi connectivity index (χ0n) is 11.8. The lowest BCUT2D eigenvalue weighted by molar-refractivity contribution is 0.386. The van der Waals surface area contributed by atoms with Gasteiger partial charge < -0.3 is 10.1 Å². The van der Waals surface area contributed by atoms with E-state index in [1.165, 1.54) is 13.2 Å². The van der Waals surface area contributed by atoms with E-state index in [9.17, 15) is 4.39 Å². The van der Waals surface area contributed by atoms with Gasteiger partial charge in [-0.25, -0.2) is 9.37 Å². The highest BCUT2D eigenvalue weighted by Crippen LogP contribution is 2.27. The molecule has 1 N–H and O–H groups in total. The van der Waals surface area contributed by atoms with Crippen molar-refractivity contribution in [1.82, 2.24) is 4.98 Å². The van der Waals surface area contributed by atoms with E-state index in [4.69, 9.17) is 4.74 Å². The maximum absolute atomic E-state index is 13.8. The van der Waals surface area contributed by atoms with Gasteiger partial charge in [-0.05, 0) is 42.8 Å². The van der Waals surface area contributed by atoms with Gasteiger partial charge in [0, 0.05) is 11.7 Å². The molecule has 108 valence electrons. The zero-order chi connectivity index (χ0) is 14.8. The molecular weight excluding hydrogens is 287 g/mol. The lowest BCUT2D eigenvalue weighted by atomic mass is 10.1. The Morgan fingerprint density at radius 1 is 1.24 bits per heavy atom. The van der Waals surface area contributed by atoms with Crippen molar-refractivity contribution in [3.05, 3.63) is 53.3 Å². The first kappa shape index (κ1) is 13.8. The Morgan fingerprint density at radius 3 is 2.86 bits per heavy atom. The number of nitrogens with one attached hydrogen (secondary N) is 1. The van der Waals surface area contributed by atoms with Crippen molar-refractivity contribution in [2.24, 2.45) is 0 Å². The molecule has 0 spiro atoms. The average Bonchev–Trinajstić information content (AvgIpc) is 2.94. The minimum Gasteiger partial charge on any atom is -0.494 e. The quantitative estimate of drug-likeness (QED) is 0.763. The van der Waals surface area contributed by atoms with Crippen molar-refractivity contribution in [3.63, 3.8) is 0 Å². The Morgan fingerprint density at radius 2 is 2.10 bits per heavy atom. The predicted octanol–water partition coefficient (Wildman–Crippen LogP) is 4.62. The molecule has 3 nitrogen and oxygen atoms in total. The number of hydrogen-bond donors (Lipinski definition) is 1. The molecule has 0 fully saturated rings. The van der Waals surface area contributed by atoms with E-state index >= 15 is 0 Å². The number of ether oxygens (including phenoxy) is 1. The van der Waals surface area contributed by atoms with E-state index in [0.717, 1.165) is 21.5 Å². The second kappa shape index (κ2) is 5.69. The number of anilines is 1. The molecule has 0 radical (unpaired) electrons. The van der Waals surface area contributed by atoms with Crippen LogP contribution in [0.4, 0.5) is 10.1 Å². The van der Waals surface area contributed by atoms with Crippen molar-refractivity contribution >= 4 is 27.2 Å². The van der Waals surface area contributed by atoms with E-state index in [1.807, 2.05) is 30.6 Å². The molecule has 0 amide bonds. The summed E-state index contributed by atoms with van der Waals surface area (Å²) in [5, 5.41) is 3.38. The number of aromatic nitrogens is 1. The molecule has 0 aliphatic heterocycles. The van der Waals surface area contributed by atoms with Gasteiger partial charge in [-0.15, -0.1) is 11.3 Å². The van der Waals surface area contributed by atoms with Crippen LogP contribution in [0.25, 0.3) is 10.2 Å². The maximum Gasteiger partial charge on any atom is 0.165 e. The molecule has 5 heteroatoms. The molecule has 2 aromatic carbocycles. The summed E-state index contributed by atoms with van der Waals surface area (Å²) in [6, 6.07) is 11.0. The van der Waals surface area contributed by atoms with E-state index in [0.29, 0.717) is 0 Å². The summed E-state index contributed by atoms with van der Waals surface area (Å²) in [6.45, 7) is 2.00. The predicted molar refractivity (Wildman–Crippen MR) is 84.6 cm³/mol. The van der Waals surface area contributed by atoms with Crippen molar-refractivity contribution in [2.75, 3.05) is 12.4 Å². The standard InChI is InChI=1S/C16H15FN2OS/c1-10(11-3-6-15(20-2)13(17)7-11)19-12-4-5-14-16(8-12)21-9-18-14/h3-10,19H,1-2H3. The van der Waals surface area contributed by atoms with Gasteiger partial charge >= 0.3 is 0 Å². The van der Waals surface area contributed by atoms with Gasteiger partial charge in [0.1, 0.15) is 0 Å². The highest BCUT2D eigenvalue weighted by Gasteiger charge is 2.10. The lowest BCUT2D eigenvalue weighted by Gasteiger charge is -2.16. The number of rotatable bonds is 4. The molecule has 3 aromatic rings. The SMILES string of the molecule is COc1ccc(C(C)Nc2ccc3ncsc3c2)cc1F. The third-order valence-electron chi connectivity index (χ3n) is 3.39. The van der Waals surface area contributed by atoms with Gasteiger partial charge in [-0.1, -0.05) is 6.07 Å². The summed E-state index contributed by atoms with van der Waals surface area (Å²) in [5.41, 5.74) is 4.69. The fourth-order valence-corrected chi connectivity index (χ4v) is 2.95. The Hall–Kier alpha value is -2.14. The fraction of sp³-hybridized carbons (Fsp3) is 0.188. The molecule has 0 aliphatic carbocycles. The van der Waals surface area contributed by atoms with Crippen LogP contribution in [0.5, 0.6) is 5.75 Å². The third kappa shape index (κ3) is 2.83. The zero-order valence-corrected chi connectivity index (χ0v) is 12.6. The smallest absolute Gasteiger partial charge is 0.165 e. The monoisotopic (exact) mass is 302 g/mol. The molecule has 1 unspecified atom stereocenters. The number of nitrogens with zero attached hydrogens (tertiary/aromatic N) is 1. The topological polar surface area (TPSA) is 34.1 Å². The first-order valence-corrected chi connectivity index (χ1v) is 7.48. The van der Waals surface area contributed by atoms with Crippen LogP contribution in [0.1, 0.15) is 18.5 Å². The van der Waals surface area contributed by atoms with Crippen molar-refractivity contribution < 1.29 is 9.13 Å². The van der Waals surface area contributed by atoms with Crippen molar-refractivity contribution in [2.45, 2.75) is 13.0 Å². The lowest BCUT2D eigenvalue weighted by Crippen LogP contribution is -2.07. The summed E-state index contributed by atoms with van der Waals surface area (Å²) in [7, 11) is 1.46. The van der Waals surface area contributed by atoms with E-state index < -0.39 is 0 Å². The van der Waals surface area contributed by atoms with Gasteiger partial charge in [0.2, 0.25) is 0 Å². The summed E-state index contributed by atoms with van der Waals surface area (Å²) in [4.78, 5) is 4.26. The third-order valence-corrected chi connectivity index (χ3v) is 4.18. The van der Waals surface area contributed by atoms with Gasteiger partial charge in [-0.3, -0.25) is 0 Å². The Bertz CT molecular complexity index is 772. The van der Waals surface area contributed by atoms with Crippen LogP contribution in [-0.4, -0.2) is 12.1 Å². The van der Waals surface area contributed by atoms with Crippen LogP contribution in [0.3, 0.4) is 0 Å². The Labute approximate surface area is 126 Å². The number of methoxy groups -OCH3 is 1. The highest BCUT2D eigenvalue weighted by atomic mass is 32.1. The number of thiazole rings is 1. The molecule has 0 bridgehead atoms.